The van der Waals surface area contributed by atoms with Crippen LogP contribution in [0.1, 0.15) is 31.2 Å². The van der Waals surface area contributed by atoms with Gasteiger partial charge in [0, 0.05) is 40.8 Å². The molecule has 0 spiro atoms. The molecule has 0 radical (unpaired) electrons. The highest BCUT2D eigenvalue weighted by Gasteiger charge is 2.46. The Labute approximate surface area is 197 Å². The second kappa shape index (κ2) is 10.1. The Morgan fingerprint density at radius 1 is 1.16 bits per heavy atom. The van der Waals surface area contributed by atoms with Crippen LogP contribution in [-0.2, 0) is 31.0 Å². The van der Waals surface area contributed by atoms with Crippen molar-refractivity contribution in [2.75, 3.05) is 32.4 Å². The molecule has 5 rings (SSSR count). The third-order valence-corrected chi connectivity index (χ3v) is 7.16. The van der Waals surface area contributed by atoms with Crippen molar-refractivity contribution in [2.45, 2.75) is 49.0 Å². The standard InChI is InChI=1S/C23H28ClN3O4S/c24-19-1-3-20(4-2-19)32-16-31-22(17-5-9-28-10-6-17)26-23(7-8-23)18-13-25-27(14-18)15-21-29-11-12-30-21/h1-4,13-14,17,21H,5-12,15-16H2. The van der Waals surface area contributed by atoms with Crippen LogP contribution in [0.5, 0.6) is 0 Å². The zero-order valence-electron chi connectivity index (χ0n) is 18.0. The van der Waals surface area contributed by atoms with Gasteiger partial charge >= 0.3 is 0 Å². The highest BCUT2D eigenvalue weighted by molar-refractivity contribution is 7.99. The average Bonchev–Trinajstić information content (AvgIpc) is 3.19. The molecular formula is C23H28ClN3O4S. The summed E-state index contributed by atoms with van der Waals surface area (Å²) >= 11 is 7.64. The minimum Gasteiger partial charge on any atom is -0.470 e. The number of halogens is 1. The van der Waals surface area contributed by atoms with Gasteiger partial charge in [-0.25, -0.2) is 4.99 Å². The van der Waals surface area contributed by atoms with E-state index in [0.717, 1.165) is 60.3 Å². The van der Waals surface area contributed by atoms with Gasteiger partial charge in [0.25, 0.3) is 0 Å². The fraction of sp³-hybridized carbons (Fsp3) is 0.565. The van der Waals surface area contributed by atoms with Crippen molar-refractivity contribution >= 4 is 29.3 Å². The van der Waals surface area contributed by atoms with Crippen LogP contribution in [0.2, 0.25) is 5.02 Å². The second-order valence-corrected chi connectivity index (χ2v) is 9.78. The van der Waals surface area contributed by atoms with E-state index in [1.54, 1.807) is 11.8 Å². The van der Waals surface area contributed by atoms with Gasteiger partial charge in [0.2, 0.25) is 0 Å². The van der Waals surface area contributed by atoms with Crippen LogP contribution in [0.3, 0.4) is 0 Å². The van der Waals surface area contributed by atoms with Crippen molar-refractivity contribution < 1.29 is 18.9 Å². The van der Waals surface area contributed by atoms with E-state index in [1.165, 1.54) is 0 Å². The lowest BCUT2D eigenvalue weighted by molar-refractivity contribution is -0.0545. The number of rotatable bonds is 8. The van der Waals surface area contributed by atoms with Gasteiger partial charge in [0.15, 0.2) is 12.2 Å². The Morgan fingerprint density at radius 3 is 2.62 bits per heavy atom. The summed E-state index contributed by atoms with van der Waals surface area (Å²) in [7, 11) is 0. The van der Waals surface area contributed by atoms with E-state index in [1.807, 2.05) is 35.1 Å². The molecule has 7 nitrogen and oxygen atoms in total. The molecule has 3 heterocycles. The molecule has 2 saturated heterocycles. The molecule has 0 atom stereocenters. The monoisotopic (exact) mass is 477 g/mol. The number of benzene rings is 1. The Bertz CT molecular complexity index is 920. The fourth-order valence-electron chi connectivity index (χ4n) is 4.04. The van der Waals surface area contributed by atoms with Crippen LogP contribution in [0.15, 0.2) is 46.5 Å². The molecule has 2 aliphatic heterocycles. The predicted octanol–water partition coefficient (Wildman–Crippen LogP) is 4.49. The number of hydrogen-bond acceptors (Lipinski definition) is 7. The average molecular weight is 478 g/mol. The van der Waals surface area contributed by atoms with E-state index in [-0.39, 0.29) is 11.8 Å². The summed E-state index contributed by atoms with van der Waals surface area (Å²) in [6.45, 7) is 3.40. The van der Waals surface area contributed by atoms with E-state index in [4.69, 9.17) is 35.5 Å². The zero-order chi connectivity index (χ0) is 21.8. The quantitative estimate of drug-likeness (QED) is 0.241. The third kappa shape index (κ3) is 5.48. The first-order valence-electron chi connectivity index (χ1n) is 11.1. The Hall–Kier alpha value is -1.58. The first kappa shape index (κ1) is 22.2. The molecule has 172 valence electrons. The molecule has 3 fully saturated rings. The summed E-state index contributed by atoms with van der Waals surface area (Å²) in [4.78, 5) is 6.32. The number of thioether (sulfide) groups is 1. The van der Waals surface area contributed by atoms with Gasteiger partial charge in [-0.05, 0) is 49.9 Å². The van der Waals surface area contributed by atoms with E-state index >= 15 is 0 Å². The fourth-order valence-corrected chi connectivity index (χ4v) is 4.81. The van der Waals surface area contributed by atoms with Crippen molar-refractivity contribution in [3.63, 3.8) is 0 Å². The molecule has 9 heteroatoms. The van der Waals surface area contributed by atoms with Gasteiger partial charge in [0.05, 0.1) is 31.5 Å². The molecule has 1 aliphatic carbocycles. The van der Waals surface area contributed by atoms with Gasteiger partial charge in [-0.1, -0.05) is 23.4 Å². The minimum absolute atomic E-state index is 0.215. The summed E-state index contributed by atoms with van der Waals surface area (Å²) in [5.41, 5.74) is 0.905. The molecule has 0 unspecified atom stereocenters. The molecule has 1 aromatic heterocycles. The number of aromatic nitrogens is 2. The van der Waals surface area contributed by atoms with Crippen LogP contribution >= 0.6 is 23.4 Å². The van der Waals surface area contributed by atoms with E-state index < -0.39 is 0 Å². The number of hydrogen-bond donors (Lipinski definition) is 0. The second-order valence-electron chi connectivity index (χ2n) is 8.35. The maximum Gasteiger partial charge on any atom is 0.188 e. The summed E-state index contributed by atoms with van der Waals surface area (Å²) in [5.74, 6) is 1.66. The summed E-state index contributed by atoms with van der Waals surface area (Å²) < 4.78 is 24.8. The molecule has 3 aliphatic rings. The van der Waals surface area contributed by atoms with Crippen LogP contribution < -0.4 is 0 Å². The molecule has 0 bridgehead atoms. The highest BCUT2D eigenvalue weighted by atomic mass is 35.5. The number of nitrogens with zero attached hydrogens (tertiary/aromatic N) is 3. The lowest BCUT2D eigenvalue weighted by Crippen LogP contribution is -2.27. The highest BCUT2D eigenvalue weighted by Crippen LogP contribution is 2.50. The van der Waals surface area contributed by atoms with Gasteiger partial charge in [0.1, 0.15) is 5.94 Å². The first-order chi connectivity index (χ1) is 15.7. The number of aliphatic imine (C=N–C) groups is 1. The van der Waals surface area contributed by atoms with E-state index in [0.29, 0.717) is 31.6 Å². The van der Waals surface area contributed by atoms with Gasteiger partial charge < -0.3 is 18.9 Å². The lowest BCUT2D eigenvalue weighted by Gasteiger charge is -2.25. The Balaban J connectivity index is 1.28. The molecule has 1 saturated carbocycles. The van der Waals surface area contributed by atoms with Crippen LogP contribution in [0.4, 0.5) is 0 Å². The van der Waals surface area contributed by atoms with Crippen LogP contribution in [0.25, 0.3) is 0 Å². The molecule has 32 heavy (non-hydrogen) atoms. The summed E-state index contributed by atoms with van der Waals surface area (Å²) in [6, 6.07) is 7.82. The topological polar surface area (TPSA) is 67.1 Å². The molecule has 0 amide bonds. The van der Waals surface area contributed by atoms with Crippen molar-refractivity contribution in [2.24, 2.45) is 10.9 Å². The smallest absolute Gasteiger partial charge is 0.188 e. The Morgan fingerprint density at radius 2 is 1.91 bits per heavy atom. The van der Waals surface area contributed by atoms with Crippen molar-refractivity contribution in [3.8, 4) is 0 Å². The molecule has 2 aromatic rings. The maximum atomic E-state index is 6.28. The number of ether oxygens (including phenoxy) is 4. The van der Waals surface area contributed by atoms with Crippen molar-refractivity contribution in [3.05, 3.63) is 47.2 Å². The van der Waals surface area contributed by atoms with Crippen LogP contribution in [0, 0.1) is 5.92 Å². The third-order valence-electron chi connectivity index (χ3n) is 6.06. The SMILES string of the molecule is Clc1ccc(SCOC(=NC2(c3cnn(CC4OCCO4)c3)CC2)C2CCOCC2)cc1. The first-order valence-corrected chi connectivity index (χ1v) is 12.5. The summed E-state index contributed by atoms with van der Waals surface area (Å²) in [6.07, 6.45) is 7.69. The molecular weight excluding hydrogens is 450 g/mol. The van der Waals surface area contributed by atoms with E-state index in [9.17, 15) is 0 Å². The van der Waals surface area contributed by atoms with E-state index in [2.05, 4.69) is 11.3 Å². The minimum atomic E-state index is -0.228. The normalized spacial score (nSPS) is 21.7. The lowest BCUT2D eigenvalue weighted by atomic mass is 9.99. The van der Waals surface area contributed by atoms with Crippen molar-refractivity contribution in [1.82, 2.24) is 9.78 Å². The van der Waals surface area contributed by atoms with Crippen LogP contribution in [-0.4, -0.2) is 54.3 Å². The van der Waals surface area contributed by atoms with Gasteiger partial charge in [-0.15, -0.1) is 0 Å². The Kier molecular flexibility index (Phi) is 7.04. The maximum absolute atomic E-state index is 6.28. The molecule has 0 N–H and O–H groups in total. The zero-order valence-corrected chi connectivity index (χ0v) is 19.5. The summed E-state index contributed by atoms with van der Waals surface area (Å²) in [5, 5.41) is 5.26. The largest absolute Gasteiger partial charge is 0.470 e. The predicted molar refractivity (Wildman–Crippen MR) is 123 cm³/mol. The van der Waals surface area contributed by atoms with Gasteiger partial charge in [-0.2, -0.15) is 5.10 Å². The van der Waals surface area contributed by atoms with Crippen molar-refractivity contribution in [1.29, 1.82) is 0 Å². The van der Waals surface area contributed by atoms with Gasteiger partial charge in [-0.3, -0.25) is 4.68 Å². The molecule has 1 aromatic carbocycles.